The zero-order valence-electron chi connectivity index (χ0n) is 10.8. The molecule has 1 saturated carbocycles. The van der Waals surface area contributed by atoms with Gasteiger partial charge in [-0.2, -0.15) is 4.98 Å². The van der Waals surface area contributed by atoms with E-state index >= 15 is 0 Å². The van der Waals surface area contributed by atoms with Crippen LogP contribution in [0.3, 0.4) is 0 Å². The molecule has 1 aliphatic heterocycles. The van der Waals surface area contributed by atoms with Crippen molar-refractivity contribution in [2.24, 2.45) is 5.92 Å². The van der Waals surface area contributed by atoms with Crippen molar-refractivity contribution >= 4 is 17.1 Å². The summed E-state index contributed by atoms with van der Waals surface area (Å²) >= 11 is 0. The van der Waals surface area contributed by atoms with E-state index in [4.69, 9.17) is 9.15 Å². The van der Waals surface area contributed by atoms with Gasteiger partial charge < -0.3 is 14.5 Å². The van der Waals surface area contributed by atoms with Crippen molar-refractivity contribution in [1.82, 2.24) is 4.98 Å². The van der Waals surface area contributed by atoms with Crippen LogP contribution in [0.2, 0.25) is 0 Å². The molecule has 1 aromatic carbocycles. The second kappa shape index (κ2) is 4.53. The van der Waals surface area contributed by atoms with Crippen LogP contribution in [0.1, 0.15) is 25.7 Å². The first-order chi connectivity index (χ1) is 9.38. The van der Waals surface area contributed by atoms with Gasteiger partial charge in [-0.3, -0.25) is 0 Å². The third-order valence-corrected chi connectivity index (χ3v) is 4.08. The molecule has 1 N–H and O–H groups in total. The van der Waals surface area contributed by atoms with E-state index in [9.17, 15) is 0 Å². The number of hydrogen-bond donors (Lipinski definition) is 1. The molecule has 4 rings (SSSR count). The molecule has 2 unspecified atom stereocenters. The predicted octanol–water partition coefficient (Wildman–Crippen LogP) is 3.20. The standard InChI is InChI=1S/C15H18N2O2/c1-2-4-13-12(3-1)17-15(19-13)16-11-7-8-18-14(9-11)10-5-6-10/h1-4,10-11,14H,5-9H2,(H,16,17). The number of para-hydroxylation sites is 2. The number of nitrogens with one attached hydrogen (secondary N) is 1. The number of benzene rings is 1. The second-order valence-corrected chi connectivity index (χ2v) is 5.60. The van der Waals surface area contributed by atoms with Gasteiger partial charge in [-0.15, -0.1) is 0 Å². The van der Waals surface area contributed by atoms with Gasteiger partial charge in [0.15, 0.2) is 5.58 Å². The first-order valence-electron chi connectivity index (χ1n) is 7.12. The van der Waals surface area contributed by atoms with E-state index in [1.54, 1.807) is 0 Å². The zero-order valence-corrected chi connectivity index (χ0v) is 10.8. The molecule has 0 amide bonds. The lowest BCUT2D eigenvalue weighted by Crippen LogP contribution is -2.35. The molecule has 1 aromatic heterocycles. The minimum absolute atomic E-state index is 0.424. The highest BCUT2D eigenvalue weighted by Gasteiger charge is 2.36. The monoisotopic (exact) mass is 258 g/mol. The summed E-state index contributed by atoms with van der Waals surface area (Å²) in [6, 6.07) is 8.93. The summed E-state index contributed by atoms with van der Waals surface area (Å²) in [5, 5.41) is 3.43. The van der Waals surface area contributed by atoms with Crippen molar-refractivity contribution < 1.29 is 9.15 Å². The quantitative estimate of drug-likeness (QED) is 0.918. The van der Waals surface area contributed by atoms with E-state index in [1.807, 2.05) is 24.3 Å². The van der Waals surface area contributed by atoms with Crippen molar-refractivity contribution in [3.8, 4) is 0 Å². The Morgan fingerprint density at radius 2 is 2.05 bits per heavy atom. The summed E-state index contributed by atoms with van der Waals surface area (Å²) in [7, 11) is 0. The minimum Gasteiger partial charge on any atom is -0.424 e. The van der Waals surface area contributed by atoms with Crippen molar-refractivity contribution in [3.05, 3.63) is 24.3 Å². The third-order valence-electron chi connectivity index (χ3n) is 4.08. The molecule has 0 radical (unpaired) electrons. The minimum atomic E-state index is 0.424. The van der Waals surface area contributed by atoms with E-state index in [0.717, 1.165) is 36.5 Å². The first-order valence-corrected chi connectivity index (χ1v) is 7.12. The zero-order chi connectivity index (χ0) is 12.7. The number of oxazole rings is 1. The van der Waals surface area contributed by atoms with Gasteiger partial charge in [-0.1, -0.05) is 12.1 Å². The number of rotatable bonds is 3. The van der Waals surface area contributed by atoms with E-state index in [1.165, 1.54) is 12.8 Å². The van der Waals surface area contributed by atoms with E-state index in [0.29, 0.717) is 18.2 Å². The molecule has 19 heavy (non-hydrogen) atoms. The van der Waals surface area contributed by atoms with Gasteiger partial charge in [0.2, 0.25) is 0 Å². The fraction of sp³-hybridized carbons (Fsp3) is 0.533. The SMILES string of the molecule is c1ccc2oc(NC3CCOC(C4CC4)C3)nc2c1. The Morgan fingerprint density at radius 3 is 2.89 bits per heavy atom. The lowest BCUT2D eigenvalue weighted by Gasteiger charge is -2.29. The Hall–Kier alpha value is -1.55. The molecule has 1 aliphatic carbocycles. The maximum atomic E-state index is 5.84. The van der Waals surface area contributed by atoms with Gasteiger partial charge in [-0.25, -0.2) is 0 Å². The highest BCUT2D eigenvalue weighted by atomic mass is 16.5. The first kappa shape index (κ1) is 11.3. The summed E-state index contributed by atoms with van der Waals surface area (Å²) in [5.74, 6) is 0.799. The number of ether oxygens (including phenoxy) is 1. The summed E-state index contributed by atoms with van der Waals surface area (Å²) in [6.45, 7) is 0.846. The Morgan fingerprint density at radius 1 is 1.16 bits per heavy atom. The van der Waals surface area contributed by atoms with E-state index < -0.39 is 0 Å². The highest BCUT2D eigenvalue weighted by Crippen LogP contribution is 2.38. The average molecular weight is 258 g/mol. The highest BCUT2D eigenvalue weighted by molar-refractivity contribution is 5.74. The van der Waals surface area contributed by atoms with Gasteiger partial charge >= 0.3 is 0 Å². The summed E-state index contributed by atoms with van der Waals surface area (Å²) in [5.41, 5.74) is 1.76. The van der Waals surface area contributed by atoms with Crippen LogP contribution in [0.25, 0.3) is 11.1 Å². The Kier molecular flexibility index (Phi) is 2.69. The second-order valence-electron chi connectivity index (χ2n) is 5.60. The largest absolute Gasteiger partial charge is 0.424 e. The van der Waals surface area contributed by atoms with Crippen LogP contribution in [0.4, 0.5) is 6.01 Å². The lowest BCUT2D eigenvalue weighted by atomic mass is 10.0. The molecule has 2 aliphatic rings. The van der Waals surface area contributed by atoms with E-state index in [-0.39, 0.29) is 0 Å². The fourth-order valence-electron chi connectivity index (χ4n) is 2.86. The number of nitrogens with zero attached hydrogens (tertiary/aromatic N) is 1. The van der Waals surface area contributed by atoms with Crippen LogP contribution in [-0.2, 0) is 4.74 Å². The van der Waals surface area contributed by atoms with Crippen molar-refractivity contribution in [2.75, 3.05) is 11.9 Å². The van der Waals surface area contributed by atoms with Crippen molar-refractivity contribution in [2.45, 2.75) is 37.8 Å². The molecule has 2 heterocycles. The maximum Gasteiger partial charge on any atom is 0.295 e. The van der Waals surface area contributed by atoms with Gasteiger partial charge in [0.25, 0.3) is 6.01 Å². The van der Waals surface area contributed by atoms with Gasteiger partial charge in [0.1, 0.15) is 5.52 Å². The van der Waals surface area contributed by atoms with Gasteiger partial charge in [-0.05, 0) is 43.7 Å². The Labute approximate surface area is 112 Å². The molecule has 4 nitrogen and oxygen atoms in total. The van der Waals surface area contributed by atoms with Crippen LogP contribution in [0.5, 0.6) is 0 Å². The predicted molar refractivity (Wildman–Crippen MR) is 73.1 cm³/mol. The third kappa shape index (κ3) is 2.32. The van der Waals surface area contributed by atoms with Gasteiger partial charge in [0.05, 0.1) is 6.10 Å². The molecular weight excluding hydrogens is 240 g/mol. The number of anilines is 1. The van der Waals surface area contributed by atoms with Crippen molar-refractivity contribution in [3.63, 3.8) is 0 Å². The van der Waals surface area contributed by atoms with E-state index in [2.05, 4.69) is 10.3 Å². The van der Waals surface area contributed by atoms with Crippen LogP contribution in [0.15, 0.2) is 28.7 Å². The molecule has 4 heteroatoms. The number of fused-ring (bicyclic) bond motifs is 1. The normalized spacial score (nSPS) is 27.6. The molecule has 1 saturated heterocycles. The fourth-order valence-corrected chi connectivity index (χ4v) is 2.86. The molecule has 2 atom stereocenters. The van der Waals surface area contributed by atoms with Crippen molar-refractivity contribution in [1.29, 1.82) is 0 Å². The topological polar surface area (TPSA) is 47.3 Å². The maximum absolute atomic E-state index is 5.84. The molecule has 0 spiro atoms. The molecule has 2 fully saturated rings. The number of aromatic nitrogens is 1. The van der Waals surface area contributed by atoms with Crippen LogP contribution < -0.4 is 5.32 Å². The average Bonchev–Trinajstić information content (AvgIpc) is 3.20. The van der Waals surface area contributed by atoms with Gasteiger partial charge in [0, 0.05) is 12.6 Å². The lowest BCUT2D eigenvalue weighted by molar-refractivity contribution is -0.00245. The molecule has 0 bridgehead atoms. The summed E-state index contributed by atoms with van der Waals surface area (Å²) < 4.78 is 11.6. The Bertz CT molecular complexity index is 543. The number of hydrogen-bond acceptors (Lipinski definition) is 4. The smallest absolute Gasteiger partial charge is 0.295 e. The van der Waals surface area contributed by atoms with Crippen LogP contribution in [0, 0.1) is 5.92 Å². The Balaban J connectivity index is 1.47. The summed E-state index contributed by atoms with van der Waals surface area (Å²) in [4.78, 5) is 4.47. The van der Waals surface area contributed by atoms with Crippen LogP contribution >= 0.6 is 0 Å². The van der Waals surface area contributed by atoms with Crippen LogP contribution in [-0.4, -0.2) is 23.7 Å². The summed E-state index contributed by atoms with van der Waals surface area (Å²) in [6.07, 6.45) is 5.21. The molecular formula is C15H18N2O2. The molecule has 100 valence electrons. The molecule has 2 aromatic rings.